The highest BCUT2D eigenvalue weighted by molar-refractivity contribution is 5.88. The second kappa shape index (κ2) is 6.88. The molecular formula is C23H25N3O3. The van der Waals surface area contributed by atoms with Gasteiger partial charge in [-0.3, -0.25) is 4.79 Å². The molecule has 6 nitrogen and oxygen atoms in total. The van der Waals surface area contributed by atoms with Gasteiger partial charge in [0.2, 0.25) is 0 Å². The Balaban J connectivity index is 1.59. The van der Waals surface area contributed by atoms with E-state index in [1.807, 2.05) is 28.8 Å². The number of hydrogen-bond acceptors (Lipinski definition) is 5. The summed E-state index contributed by atoms with van der Waals surface area (Å²) < 4.78 is 7.36. The Kier molecular flexibility index (Phi) is 4.32. The van der Waals surface area contributed by atoms with E-state index in [4.69, 9.17) is 9.72 Å². The van der Waals surface area contributed by atoms with Crippen LogP contribution in [0.25, 0.3) is 10.9 Å². The summed E-state index contributed by atoms with van der Waals surface area (Å²) >= 11 is 0. The zero-order valence-corrected chi connectivity index (χ0v) is 16.7. The SMILES string of the molecule is COc1cccc2c(C)cc(N3C[C@H]4C[C@@H](C3)[C@H](CO)n3c4cccc3=O)nc12. The molecule has 1 aromatic carbocycles. The van der Waals surface area contributed by atoms with Crippen LogP contribution in [0, 0.1) is 12.8 Å². The summed E-state index contributed by atoms with van der Waals surface area (Å²) in [5, 5.41) is 11.2. The number of aliphatic hydroxyl groups excluding tert-OH is 1. The van der Waals surface area contributed by atoms with Crippen LogP contribution in [0.5, 0.6) is 5.75 Å². The van der Waals surface area contributed by atoms with Crippen molar-refractivity contribution in [2.75, 3.05) is 31.7 Å². The molecule has 2 aliphatic rings. The Morgan fingerprint density at radius 1 is 1.21 bits per heavy atom. The molecule has 4 heterocycles. The molecule has 1 saturated heterocycles. The van der Waals surface area contributed by atoms with Crippen LogP contribution in [0.3, 0.4) is 0 Å². The average Bonchev–Trinajstić information content (AvgIpc) is 2.74. The number of pyridine rings is 2. The number of fused-ring (bicyclic) bond motifs is 5. The Hall–Kier alpha value is -2.86. The maximum absolute atomic E-state index is 12.5. The van der Waals surface area contributed by atoms with Crippen LogP contribution < -0.4 is 15.2 Å². The predicted molar refractivity (Wildman–Crippen MR) is 113 cm³/mol. The van der Waals surface area contributed by atoms with Gasteiger partial charge in [-0.1, -0.05) is 18.2 Å². The topological polar surface area (TPSA) is 67.6 Å². The van der Waals surface area contributed by atoms with E-state index in [1.54, 1.807) is 13.2 Å². The summed E-state index contributed by atoms with van der Waals surface area (Å²) in [5.74, 6) is 2.16. The first-order valence-electron chi connectivity index (χ1n) is 10.1. The van der Waals surface area contributed by atoms with E-state index in [9.17, 15) is 9.90 Å². The van der Waals surface area contributed by atoms with Crippen LogP contribution in [0.15, 0.2) is 47.3 Å². The number of piperidine rings is 1. The van der Waals surface area contributed by atoms with E-state index >= 15 is 0 Å². The molecule has 0 amide bonds. The molecule has 29 heavy (non-hydrogen) atoms. The third-order valence-corrected chi connectivity index (χ3v) is 6.53. The number of nitrogens with zero attached hydrogens (tertiary/aromatic N) is 3. The second-order valence-corrected chi connectivity index (χ2v) is 8.16. The number of aliphatic hydroxyl groups is 1. The summed E-state index contributed by atoms with van der Waals surface area (Å²) in [6.07, 6.45) is 0.987. The number of aryl methyl sites for hydroxylation is 1. The normalized spacial score (nSPS) is 23.1. The molecule has 0 radical (unpaired) electrons. The maximum Gasteiger partial charge on any atom is 0.251 e. The van der Waals surface area contributed by atoms with Crippen molar-refractivity contribution in [1.29, 1.82) is 0 Å². The minimum Gasteiger partial charge on any atom is -0.494 e. The van der Waals surface area contributed by atoms with Gasteiger partial charge < -0.3 is 19.3 Å². The number of ether oxygens (including phenoxy) is 1. The number of methoxy groups -OCH3 is 1. The highest BCUT2D eigenvalue weighted by atomic mass is 16.5. The lowest BCUT2D eigenvalue weighted by atomic mass is 9.78. The monoisotopic (exact) mass is 391 g/mol. The number of anilines is 1. The van der Waals surface area contributed by atoms with Crippen LogP contribution in [0.1, 0.15) is 29.6 Å². The fourth-order valence-corrected chi connectivity index (χ4v) is 5.17. The molecule has 6 heteroatoms. The maximum atomic E-state index is 12.5. The van der Waals surface area contributed by atoms with Gasteiger partial charge in [0.25, 0.3) is 5.56 Å². The molecular weight excluding hydrogens is 366 g/mol. The first kappa shape index (κ1) is 18.2. The zero-order chi connectivity index (χ0) is 20.1. The minimum absolute atomic E-state index is 0.0193. The molecule has 5 rings (SSSR count). The standard InChI is InChI=1S/C23H25N3O3/c1-14-9-21(24-23-17(14)5-3-7-20(23)29-2)25-11-15-10-16(12-25)19(13-27)26-18(15)6-4-8-22(26)28/h3-9,15-16,19,27H,10-13H2,1-2H3/t15-,16+,19+/m1/s1. The second-order valence-electron chi connectivity index (χ2n) is 8.16. The van der Waals surface area contributed by atoms with Gasteiger partial charge in [0.05, 0.1) is 19.8 Å². The van der Waals surface area contributed by atoms with Crippen LogP contribution in [-0.2, 0) is 0 Å². The predicted octanol–water partition coefficient (Wildman–Crippen LogP) is 2.87. The summed E-state index contributed by atoms with van der Waals surface area (Å²) in [6.45, 7) is 3.66. The number of aromatic nitrogens is 2. The largest absolute Gasteiger partial charge is 0.494 e. The summed E-state index contributed by atoms with van der Waals surface area (Å²) in [4.78, 5) is 19.7. The first-order valence-corrected chi connectivity index (χ1v) is 10.1. The van der Waals surface area contributed by atoms with Gasteiger partial charge in [-0.25, -0.2) is 4.98 Å². The fourth-order valence-electron chi connectivity index (χ4n) is 5.17. The van der Waals surface area contributed by atoms with Crippen molar-refractivity contribution in [2.24, 2.45) is 5.92 Å². The highest BCUT2D eigenvalue weighted by Crippen LogP contribution is 2.42. The van der Waals surface area contributed by atoms with Crippen molar-refractivity contribution in [3.63, 3.8) is 0 Å². The molecule has 2 bridgehead atoms. The van der Waals surface area contributed by atoms with E-state index in [0.717, 1.165) is 53.2 Å². The van der Waals surface area contributed by atoms with E-state index in [0.29, 0.717) is 0 Å². The first-order chi connectivity index (χ1) is 14.1. The van der Waals surface area contributed by atoms with E-state index in [1.165, 1.54) is 0 Å². The summed E-state index contributed by atoms with van der Waals surface area (Å²) in [5.41, 5.74) is 3.03. The number of benzene rings is 1. The minimum atomic E-state index is -0.186. The van der Waals surface area contributed by atoms with E-state index in [2.05, 4.69) is 24.0 Å². The van der Waals surface area contributed by atoms with Crippen LogP contribution in [-0.4, -0.2) is 41.5 Å². The molecule has 1 N–H and O–H groups in total. The average molecular weight is 391 g/mol. The molecule has 3 atom stereocenters. The molecule has 1 fully saturated rings. The van der Waals surface area contributed by atoms with E-state index < -0.39 is 0 Å². The summed E-state index contributed by atoms with van der Waals surface area (Å²) in [7, 11) is 1.67. The molecule has 2 aromatic heterocycles. The van der Waals surface area contributed by atoms with Crippen molar-refractivity contribution in [3.05, 3.63) is 64.1 Å². The van der Waals surface area contributed by atoms with Crippen molar-refractivity contribution in [3.8, 4) is 5.75 Å². The number of rotatable bonds is 3. The Labute approximate surface area is 169 Å². The van der Waals surface area contributed by atoms with Gasteiger partial charge in [-0.15, -0.1) is 0 Å². The molecule has 0 spiro atoms. The van der Waals surface area contributed by atoms with Crippen molar-refractivity contribution in [2.45, 2.75) is 25.3 Å². The van der Waals surface area contributed by atoms with Crippen LogP contribution in [0.2, 0.25) is 0 Å². The van der Waals surface area contributed by atoms with Crippen LogP contribution >= 0.6 is 0 Å². The van der Waals surface area contributed by atoms with Crippen molar-refractivity contribution >= 4 is 16.7 Å². The van der Waals surface area contributed by atoms with Crippen molar-refractivity contribution in [1.82, 2.24) is 9.55 Å². The molecule has 0 saturated carbocycles. The lowest BCUT2D eigenvalue weighted by Gasteiger charge is -2.47. The molecule has 3 aromatic rings. The van der Waals surface area contributed by atoms with Gasteiger partial charge in [-0.05, 0) is 37.1 Å². The molecule has 0 unspecified atom stereocenters. The Morgan fingerprint density at radius 2 is 2.03 bits per heavy atom. The molecule has 0 aliphatic carbocycles. The third kappa shape index (κ3) is 2.82. The third-order valence-electron chi connectivity index (χ3n) is 6.53. The Morgan fingerprint density at radius 3 is 2.83 bits per heavy atom. The highest BCUT2D eigenvalue weighted by Gasteiger charge is 2.40. The fraction of sp³-hybridized carbons (Fsp3) is 0.391. The zero-order valence-electron chi connectivity index (χ0n) is 16.7. The van der Waals surface area contributed by atoms with Gasteiger partial charge in [0.1, 0.15) is 17.1 Å². The summed E-state index contributed by atoms with van der Waals surface area (Å²) in [6, 6.07) is 13.4. The number of para-hydroxylation sites is 1. The quantitative estimate of drug-likeness (QED) is 0.744. The molecule has 2 aliphatic heterocycles. The van der Waals surface area contributed by atoms with Gasteiger partial charge >= 0.3 is 0 Å². The number of hydrogen-bond donors (Lipinski definition) is 1. The lowest BCUT2D eigenvalue weighted by molar-refractivity contribution is 0.132. The van der Waals surface area contributed by atoms with Gasteiger partial charge in [0.15, 0.2) is 0 Å². The van der Waals surface area contributed by atoms with Gasteiger partial charge in [0, 0.05) is 42.1 Å². The van der Waals surface area contributed by atoms with E-state index in [-0.39, 0.29) is 30.0 Å². The Bertz CT molecular complexity index is 1140. The lowest BCUT2D eigenvalue weighted by Crippen LogP contribution is -2.50. The molecule has 150 valence electrons. The van der Waals surface area contributed by atoms with Gasteiger partial charge in [-0.2, -0.15) is 0 Å². The smallest absolute Gasteiger partial charge is 0.251 e. The van der Waals surface area contributed by atoms with Crippen LogP contribution in [0.4, 0.5) is 5.82 Å². The van der Waals surface area contributed by atoms with Crippen molar-refractivity contribution < 1.29 is 9.84 Å².